The largest absolute Gasteiger partial charge is 0.490 e. The van der Waals surface area contributed by atoms with Crippen molar-refractivity contribution in [3.8, 4) is 11.5 Å². The van der Waals surface area contributed by atoms with Crippen molar-refractivity contribution in [3.63, 3.8) is 0 Å². The standard InChI is InChI=1S/C15H12Cl2FNO4S/c16-10-6-9(2-3-12(10)18)24(20,21)19-13-8-15-14(7-11(13)17)22-4-1-5-23-15/h2-3,6-8,19H,1,4-5H2. The molecule has 0 aromatic heterocycles. The molecule has 0 aliphatic carbocycles. The predicted molar refractivity (Wildman–Crippen MR) is 89.3 cm³/mol. The minimum absolute atomic E-state index is 0.126. The zero-order chi connectivity index (χ0) is 17.3. The highest BCUT2D eigenvalue weighted by Gasteiger charge is 2.20. The summed E-state index contributed by atoms with van der Waals surface area (Å²) < 4.78 is 51.4. The Kier molecular flexibility index (Phi) is 4.76. The molecule has 0 saturated heterocycles. The van der Waals surface area contributed by atoms with E-state index >= 15 is 0 Å². The van der Waals surface area contributed by atoms with Crippen LogP contribution in [-0.4, -0.2) is 21.6 Å². The number of sulfonamides is 1. The first-order chi connectivity index (χ1) is 11.4. The van der Waals surface area contributed by atoms with Gasteiger partial charge in [0.15, 0.2) is 11.5 Å². The quantitative estimate of drug-likeness (QED) is 0.855. The number of hydrogen-bond donors (Lipinski definition) is 1. The molecule has 1 N–H and O–H groups in total. The van der Waals surface area contributed by atoms with Gasteiger partial charge in [0.25, 0.3) is 10.0 Å². The molecule has 0 fully saturated rings. The van der Waals surface area contributed by atoms with Gasteiger partial charge in [-0.2, -0.15) is 0 Å². The number of nitrogens with one attached hydrogen (secondary N) is 1. The second-order valence-electron chi connectivity index (χ2n) is 5.01. The van der Waals surface area contributed by atoms with Gasteiger partial charge in [0.05, 0.1) is 33.8 Å². The zero-order valence-electron chi connectivity index (χ0n) is 12.2. The molecule has 2 aromatic carbocycles. The van der Waals surface area contributed by atoms with E-state index < -0.39 is 15.8 Å². The average Bonchev–Trinajstić information content (AvgIpc) is 2.75. The number of rotatable bonds is 3. The molecule has 0 radical (unpaired) electrons. The molecule has 1 heterocycles. The van der Waals surface area contributed by atoms with Crippen LogP contribution in [0.5, 0.6) is 11.5 Å². The van der Waals surface area contributed by atoms with E-state index in [0.29, 0.717) is 31.1 Å². The van der Waals surface area contributed by atoms with E-state index in [1.807, 2.05) is 0 Å². The van der Waals surface area contributed by atoms with E-state index in [1.54, 1.807) is 0 Å². The summed E-state index contributed by atoms with van der Waals surface area (Å²) in [6.07, 6.45) is 0.710. The molecule has 5 nitrogen and oxygen atoms in total. The smallest absolute Gasteiger partial charge is 0.261 e. The molecule has 2 aromatic rings. The topological polar surface area (TPSA) is 64.6 Å². The zero-order valence-corrected chi connectivity index (χ0v) is 14.5. The Labute approximate surface area is 148 Å². The van der Waals surface area contributed by atoms with Gasteiger partial charge in [-0.15, -0.1) is 0 Å². The highest BCUT2D eigenvalue weighted by Crippen LogP contribution is 2.38. The van der Waals surface area contributed by atoms with Gasteiger partial charge in [0.1, 0.15) is 5.82 Å². The molecule has 24 heavy (non-hydrogen) atoms. The minimum atomic E-state index is -3.99. The highest BCUT2D eigenvalue weighted by atomic mass is 35.5. The lowest BCUT2D eigenvalue weighted by Crippen LogP contribution is -2.13. The lowest BCUT2D eigenvalue weighted by molar-refractivity contribution is 0.297. The van der Waals surface area contributed by atoms with Crippen LogP contribution in [0.1, 0.15) is 6.42 Å². The van der Waals surface area contributed by atoms with E-state index in [0.717, 1.165) is 18.2 Å². The molecule has 1 aliphatic rings. The fraction of sp³-hybridized carbons (Fsp3) is 0.200. The molecule has 9 heteroatoms. The Morgan fingerprint density at radius 1 is 1.00 bits per heavy atom. The maximum atomic E-state index is 13.2. The lowest BCUT2D eigenvalue weighted by Gasteiger charge is -2.13. The summed E-state index contributed by atoms with van der Waals surface area (Å²) >= 11 is 11.8. The van der Waals surface area contributed by atoms with Crippen molar-refractivity contribution in [1.82, 2.24) is 0 Å². The molecule has 0 spiro atoms. The molecule has 1 aliphatic heterocycles. The van der Waals surface area contributed by atoms with Crippen LogP contribution in [0.25, 0.3) is 0 Å². The van der Waals surface area contributed by atoms with Crippen molar-refractivity contribution in [2.45, 2.75) is 11.3 Å². The molecular formula is C15H12Cl2FNO4S. The Morgan fingerprint density at radius 2 is 1.67 bits per heavy atom. The lowest BCUT2D eigenvalue weighted by atomic mass is 10.3. The third kappa shape index (κ3) is 3.53. The van der Waals surface area contributed by atoms with Crippen LogP contribution in [0.3, 0.4) is 0 Å². The fourth-order valence-corrected chi connectivity index (χ4v) is 3.71. The van der Waals surface area contributed by atoms with Crippen molar-refractivity contribution in [3.05, 3.63) is 46.2 Å². The molecule has 0 saturated carbocycles. The molecule has 0 unspecified atom stereocenters. The summed E-state index contributed by atoms with van der Waals surface area (Å²) in [5, 5.41) is -0.140. The van der Waals surface area contributed by atoms with E-state index in [2.05, 4.69) is 4.72 Å². The maximum absolute atomic E-state index is 13.2. The van der Waals surface area contributed by atoms with Crippen molar-refractivity contribution in [1.29, 1.82) is 0 Å². The van der Waals surface area contributed by atoms with Gasteiger partial charge in [-0.3, -0.25) is 4.72 Å². The van der Waals surface area contributed by atoms with Gasteiger partial charge in [0, 0.05) is 18.6 Å². The Balaban J connectivity index is 1.95. The van der Waals surface area contributed by atoms with Crippen LogP contribution in [0.2, 0.25) is 10.0 Å². The summed E-state index contributed by atoms with van der Waals surface area (Å²) in [7, 11) is -3.99. The fourth-order valence-electron chi connectivity index (χ4n) is 2.11. The van der Waals surface area contributed by atoms with Gasteiger partial charge >= 0.3 is 0 Å². The number of benzene rings is 2. The molecule has 0 amide bonds. The third-order valence-electron chi connectivity index (χ3n) is 3.28. The van der Waals surface area contributed by atoms with E-state index in [1.165, 1.54) is 12.1 Å². The van der Waals surface area contributed by atoms with Crippen molar-refractivity contribution >= 4 is 38.9 Å². The van der Waals surface area contributed by atoms with Crippen molar-refractivity contribution in [2.24, 2.45) is 0 Å². The van der Waals surface area contributed by atoms with Crippen LogP contribution < -0.4 is 14.2 Å². The van der Waals surface area contributed by atoms with Crippen LogP contribution in [-0.2, 0) is 10.0 Å². The van der Waals surface area contributed by atoms with Crippen LogP contribution in [0.4, 0.5) is 10.1 Å². The van der Waals surface area contributed by atoms with E-state index in [-0.39, 0.29) is 20.6 Å². The Morgan fingerprint density at radius 3 is 2.33 bits per heavy atom. The van der Waals surface area contributed by atoms with E-state index in [4.69, 9.17) is 32.7 Å². The Bertz CT molecular complexity index is 889. The molecule has 128 valence electrons. The van der Waals surface area contributed by atoms with E-state index in [9.17, 15) is 12.8 Å². The van der Waals surface area contributed by atoms with Crippen molar-refractivity contribution in [2.75, 3.05) is 17.9 Å². The van der Waals surface area contributed by atoms with Gasteiger partial charge in [0.2, 0.25) is 0 Å². The van der Waals surface area contributed by atoms with Gasteiger partial charge < -0.3 is 9.47 Å². The van der Waals surface area contributed by atoms with Gasteiger partial charge in [-0.1, -0.05) is 23.2 Å². The number of anilines is 1. The number of hydrogen-bond acceptors (Lipinski definition) is 4. The van der Waals surface area contributed by atoms with Crippen LogP contribution >= 0.6 is 23.2 Å². The highest BCUT2D eigenvalue weighted by molar-refractivity contribution is 7.92. The first kappa shape index (κ1) is 17.1. The average molecular weight is 392 g/mol. The van der Waals surface area contributed by atoms with Crippen LogP contribution in [0.15, 0.2) is 35.2 Å². The summed E-state index contributed by atoms with van der Waals surface area (Å²) in [4.78, 5) is -0.183. The van der Waals surface area contributed by atoms with Gasteiger partial charge in [-0.25, -0.2) is 12.8 Å². The van der Waals surface area contributed by atoms with Gasteiger partial charge in [-0.05, 0) is 18.2 Å². The molecule has 0 bridgehead atoms. The second-order valence-corrected chi connectivity index (χ2v) is 7.51. The summed E-state index contributed by atoms with van der Waals surface area (Å²) in [6.45, 7) is 0.941. The normalized spacial score (nSPS) is 14.1. The summed E-state index contributed by atoms with van der Waals surface area (Å²) in [6, 6.07) is 6.05. The second kappa shape index (κ2) is 6.66. The summed E-state index contributed by atoms with van der Waals surface area (Å²) in [5.74, 6) is 0.140. The number of ether oxygens (including phenoxy) is 2. The monoisotopic (exact) mass is 391 g/mol. The summed E-state index contributed by atoms with van der Waals surface area (Å²) in [5.41, 5.74) is 0.126. The number of fused-ring (bicyclic) bond motifs is 1. The third-order valence-corrected chi connectivity index (χ3v) is 5.25. The first-order valence-electron chi connectivity index (χ1n) is 6.94. The number of halogens is 3. The molecule has 0 atom stereocenters. The maximum Gasteiger partial charge on any atom is 0.261 e. The Hall–Kier alpha value is -1.70. The van der Waals surface area contributed by atoms with Crippen LogP contribution in [0, 0.1) is 5.82 Å². The van der Waals surface area contributed by atoms with Crippen molar-refractivity contribution < 1.29 is 22.3 Å². The minimum Gasteiger partial charge on any atom is -0.490 e. The molecule has 3 rings (SSSR count). The molecular weight excluding hydrogens is 380 g/mol. The predicted octanol–water partition coefficient (Wildman–Crippen LogP) is 4.09. The first-order valence-corrected chi connectivity index (χ1v) is 9.18. The SMILES string of the molecule is O=S(=O)(Nc1cc2c(cc1Cl)OCCCO2)c1ccc(F)c(Cl)c1.